The van der Waals surface area contributed by atoms with E-state index in [1.807, 2.05) is 7.05 Å². The Morgan fingerprint density at radius 3 is 2.70 bits per heavy atom. The smallest absolute Gasteiger partial charge is 0.225 e. The minimum Gasteiger partial charge on any atom is -0.369 e. The van der Waals surface area contributed by atoms with E-state index in [4.69, 9.17) is 0 Å². The van der Waals surface area contributed by atoms with Gasteiger partial charge in [-0.1, -0.05) is 13.8 Å². The molecule has 2 rings (SSSR count). The molecule has 0 spiro atoms. The molecule has 0 saturated heterocycles. The number of nitrogens with one attached hydrogen (secondary N) is 2. The maximum atomic E-state index is 4.53. The van der Waals surface area contributed by atoms with Gasteiger partial charge < -0.3 is 15.5 Å². The first kappa shape index (κ1) is 15.0. The van der Waals surface area contributed by atoms with Crippen LogP contribution in [-0.2, 0) is 0 Å². The summed E-state index contributed by atoms with van der Waals surface area (Å²) < 4.78 is 0. The molecular weight excluding hydrogens is 270 g/mol. The van der Waals surface area contributed by atoms with Crippen LogP contribution >= 0.6 is 11.3 Å². The summed E-state index contributed by atoms with van der Waals surface area (Å²) in [5, 5.41) is 9.64. The number of anilines is 2. The largest absolute Gasteiger partial charge is 0.369 e. The SMILES string of the molecule is CNc1nc(NCC(C)(C)CN(C)C)c2ccsc2n1. The molecule has 0 aromatic carbocycles. The predicted molar refractivity (Wildman–Crippen MR) is 87.8 cm³/mol. The molecule has 5 nitrogen and oxygen atoms in total. The first-order valence-corrected chi connectivity index (χ1v) is 7.61. The lowest BCUT2D eigenvalue weighted by atomic mass is 9.93. The van der Waals surface area contributed by atoms with Gasteiger partial charge in [-0.25, -0.2) is 4.98 Å². The number of hydrogen-bond donors (Lipinski definition) is 2. The molecule has 0 fully saturated rings. The van der Waals surface area contributed by atoms with Crippen LogP contribution in [0.5, 0.6) is 0 Å². The number of fused-ring (bicyclic) bond motifs is 1. The van der Waals surface area contributed by atoms with Crippen LogP contribution in [0.1, 0.15) is 13.8 Å². The summed E-state index contributed by atoms with van der Waals surface area (Å²) in [6.45, 7) is 6.41. The molecule has 6 heteroatoms. The molecule has 0 aliphatic rings. The molecule has 20 heavy (non-hydrogen) atoms. The zero-order valence-corrected chi connectivity index (χ0v) is 13.6. The number of nitrogens with zero attached hydrogens (tertiary/aromatic N) is 3. The second-order valence-electron chi connectivity index (χ2n) is 6.04. The molecule has 0 unspecified atom stereocenters. The van der Waals surface area contributed by atoms with E-state index >= 15 is 0 Å². The van der Waals surface area contributed by atoms with Gasteiger partial charge in [0.15, 0.2) is 0 Å². The van der Waals surface area contributed by atoms with Gasteiger partial charge in [0.1, 0.15) is 10.6 Å². The van der Waals surface area contributed by atoms with Crippen molar-refractivity contribution < 1.29 is 0 Å². The van der Waals surface area contributed by atoms with Crippen molar-refractivity contribution in [2.24, 2.45) is 5.41 Å². The van der Waals surface area contributed by atoms with Crippen LogP contribution in [0.15, 0.2) is 11.4 Å². The van der Waals surface area contributed by atoms with E-state index < -0.39 is 0 Å². The van der Waals surface area contributed by atoms with Crippen LogP contribution in [0, 0.1) is 5.41 Å². The van der Waals surface area contributed by atoms with E-state index in [-0.39, 0.29) is 5.41 Å². The Hall–Kier alpha value is -1.40. The number of aromatic nitrogens is 2. The fraction of sp³-hybridized carbons (Fsp3) is 0.571. The average Bonchev–Trinajstić information content (AvgIpc) is 2.82. The highest BCUT2D eigenvalue weighted by molar-refractivity contribution is 7.16. The molecule has 2 heterocycles. The van der Waals surface area contributed by atoms with Crippen LogP contribution in [-0.4, -0.2) is 49.1 Å². The van der Waals surface area contributed by atoms with Crippen LogP contribution in [0.2, 0.25) is 0 Å². The summed E-state index contributed by atoms with van der Waals surface area (Å²) in [5.41, 5.74) is 0.177. The predicted octanol–water partition coefficient (Wildman–Crippen LogP) is 2.73. The fourth-order valence-electron chi connectivity index (χ4n) is 2.34. The van der Waals surface area contributed by atoms with Gasteiger partial charge in [-0.3, -0.25) is 0 Å². The second kappa shape index (κ2) is 5.93. The Kier molecular flexibility index (Phi) is 4.45. The van der Waals surface area contributed by atoms with E-state index in [2.05, 4.69) is 64.9 Å². The van der Waals surface area contributed by atoms with Crippen LogP contribution in [0.4, 0.5) is 11.8 Å². The lowest BCUT2D eigenvalue weighted by Crippen LogP contribution is -2.34. The minimum atomic E-state index is 0.177. The molecule has 0 aliphatic heterocycles. The summed E-state index contributed by atoms with van der Waals surface area (Å²) in [6, 6.07) is 2.07. The Balaban J connectivity index is 2.18. The van der Waals surface area contributed by atoms with E-state index in [0.29, 0.717) is 5.95 Å². The lowest BCUT2D eigenvalue weighted by molar-refractivity contribution is 0.254. The van der Waals surface area contributed by atoms with Crippen molar-refractivity contribution in [1.82, 2.24) is 14.9 Å². The highest BCUT2D eigenvalue weighted by atomic mass is 32.1. The highest BCUT2D eigenvalue weighted by Crippen LogP contribution is 2.27. The third-order valence-electron chi connectivity index (χ3n) is 3.03. The van der Waals surface area contributed by atoms with Gasteiger partial charge in [-0.2, -0.15) is 4.98 Å². The monoisotopic (exact) mass is 293 g/mol. The summed E-state index contributed by atoms with van der Waals surface area (Å²) in [4.78, 5) is 12.2. The normalized spacial score (nSPS) is 12.1. The van der Waals surface area contributed by atoms with Gasteiger partial charge in [-0.15, -0.1) is 11.3 Å². The van der Waals surface area contributed by atoms with Crippen molar-refractivity contribution in [3.63, 3.8) is 0 Å². The average molecular weight is 293 g/mol. The topological polar surface area (TPSA) is 53.1 Å². The third kappa shape index (κ3) is 3.58. The third-order valence-corrected chi connectivity index (χ3v) is 3.83. The molecule has 0 bridgehead atoms. The van der Waals surface area contributed by atoms with Gasteiger partial charge in [0.25, 0.3) is 0 Å². The maximum absolute atomic E-state index is 4.53. The van der Waals surface area contributed by atoms with Gasteiger partial charge in [0.2, 0.25) is 5.95 Å². The maximum Gasteiger partial charge on any atom is 0.225 e. The molecule has 0 amide bonds. The first-order valence-electron chi connectivity index (χ1n) is 6.73. The van der Waals surface area contributed by atoms with Gasteiger partial charge in [0.05, 0.1) is 5.39 Å². The zero-order chi connectivity index (χ0) is 14.8. The molecule has 0 saturated carbocycles. The molecule has 0 radical (unpaired) electrons. The van der Waals surface area contributed by atoms with Crippen molar-refractivity contribution in [1.29, 1.82) is 0 Å². The Bertz CT molecular complexity index is 576. The van der Waals surface area contributed by atoms with Crippen molar-refractivity contribution in [3.8, 4) is 0 Å². The lowest BCUT2D eigenvalue weighted by Gasteiger charge is -2.28. The zero-order valence-electron chi connectivity index (χ0n) is 12.8. The van der Waals surface area contributed by atoms with Crippen LogP contribution in [0.3, 0.4) is 0 Å². The molecule has 0 atom stereocenters. The van der Waals surface area contributed by atoms with E-state index in [0.717, 1.165) is 29.1 Å². The molecule has 110 valence electrons. The first-order chi connectivity index (χ1) is 9.41. The number of hydrogen-bond acceptors (Lipinski definition) is 6. The van der Waals surface area contributed by atoms with Crippen LogP contribution in [0.25, 0.3) is 10.2 Å². The molecule has 0 aliphatic carbocycles. The minimum absolute atomic E-state index is 0.177. The van der Waals surface area contributed by atoms with Gasteiger partial charge in [0, 0.05) is 20.1 Å². The standard InChI is InChI=1S/C14H23N5S/c1-14(2,9-19(4)5)8-16-11-10-6-7-20-12(10)18-13(15-3)17-11/h6-7H,8-9H2,1-5H3,(H2,15,16,17,18). The van der Waals surface area contributed by atoms with E-state index in [1.54, 1.807) is 11.3 Å². The van der Waals surface area contributed by atoms with Crippen LogP contribution < -0.4 is 10.6 Å². The highest BCUT2D eigenvalue weighted by Gasteiger charge is 2.19. The molecule has 2 aromatic rings. The Labute approximate surface area is 124 Å². The van der Waals surface area contributed by atoms with Crippen molar-refractivity contribution in [2.75, 3.05) is 44.9 Å². The molecule has 2 aromatic heterocycles. The molecule has 2 N–H and O–H groups in total. The Morgan fingerprint density at radius 1 is 1.30 bits per heavy atom. The number of thiophene rings is 1. The quantitative estimate of drug-likeness (QED) is 0.857. The fourth-order valence-corrected chi connectivity index (χ4v) is 3.10. The van der Waals surface area contributed by atoms with Crippen molar-refractivity contribution in [3.05, 3.63) is 11.4 Å². The summed E-state index contributed by atoms with van der Waals surface area (Å²) in [7, 11) is 6.04. The summed E-state index contributed by atoms with van der Waals surface area (Å²) in [5.74, 6) is 1.57. The van der Waals surface area contributed by atoms with Crippen molar-refractivity contribution in [2.45, 2.75) is 13.8 Å². The summed E-state index contributed by atoms with van der Waals surface area (Å²) >= 11 is 1.64. The Morgan fingerprint density at radius 2 is 2.05 bits per heavy atom. The van der Waals surface area contributed by atoms with E-state index in [1.165, 1.54) is 0 Å². The van der Waals surface area contributed by atoms with Crippen molar-refractivity contribution >= 4 is 33.3 Å². The number of rotatable bonds is 6. The second-order valence-corrected chi connectivity index (χ2v) is 6.94. The summed E-state index contributed by atoms with van der Waals surface area (Å²) in [6.07, 6.45) is 0. The van der Waals surface area contributed by atoms with Gasteiger partial charge in [-0.05, 0) is 31.0 Å². The van der Waals surface area contributed by atoms with E-state index in [9.17, 15) is 0 Å². The molecular formula is C14H23N5S. The van der Waals surface area contributed by atoms with Gasteiger partial charge >= 0.3 is 0 Å².